The molecule has 0 aliphatic rings. The number of pyridine rings is 1. The Balaban J connectivity index is 1.75. The highest BCUT2D eigenvalue weighted by Crippen LogP contribution is 2.23. The van der Waals surface area contributed by atoms with Gasteiger partial charge in [-0.15, -0.1) is 0 Å². The Bertz CT molecular complexity index is 1380. The molecule has 4 rings (SSSR count). The second-order valence-corrected chi connectivity index (χ2v) is 9.14. The fourth-order valence-electron chi connectivity index (χ4n) is 3.52. The van der Waals surface area contributed by atoms with E-state index in [1.165, 1.54) is 12.1 Å². The van der Waals surface area contributed by atoms with Crippen molar-refractivity contribution in [3.8, 4) is 5.69 Å². The first-order valence-corrected chi connectivity index (χ1v) is 11.8. The van der Waals surface area contributed by atoms with E-state index in [-0.39, 0.29) is 17.0 Å². The average Bonchev–Trinajstić information content (AvgIpc) is 3.17. The van der Waals surface area contributed by atoms with Crippen LogP contribution in [0.1, 0.15) is 33.0 Å². The lowest BCUT2D eigenvalue weighted by molar-refractivity contribution is 0.0950. The molecule has 0 bridgehead atoms. The van der Waals surface area contributed by atoms with Gasteiger partial charge in [0.1, 0.15) is 0 Å². The number of nitrogens with two attached hydrogens (primary N) is 1. The van der Waals surface area contributed by atoms with Crippen molar-refractivity contribution in [1.29, 1.82) is 0 Å². The molecule has 168 valence electrons. The highest BCUT2D eigenvalue weighted by Gasteiger charge is 2.20. The van der Waals surface area contributed by atoms with E-state index in [0.29, 0.717) is 17.8 Å². The van der Waals surface area contributed by atoms with E-state index in [9.17, 15) is 13.2 Å². The maximum absolute atomic E-state index is 13.2. The van der Waals surface area contributed by atoms with Gasteiger partial charge in [0.2, 0.25) is 10.0 Å². The lowest BCUT2D eigenvalue weighted by Gasteiger charge is -2.14. The monoisotopic (exact) mass is 461 g/mol. The van der Waals surface area contributed by atoms with Crippen LogP contribution in [0.4, 0.5) is 0 Å². The van der Waals surface area contributed by atoms with Crippen LogP contribution < -0.4 is 10.5 Å². The normalized spacial score (nSPS) is 11.3. The fourth-order valence-corrected chi connectivity index (χ4v) is 4.06. The van der Waals surface area contributed by atoms with Crippen LogP contribution in [0.25, 0.3) is 5.69 Å². The molecule has 0 aliphatic heterocycles. The molecule has 2 aromatic heterocycles. The second-order valence-electron chi connectivity index (χ2n) is 7.58. The van der Waals surface area contributed by atoms with Crippen LogP contribution in [0.15, 0.2) is 83.9 Å². The van der Waals surface area contributed by atoms with Crippen LogP contribution in [-0.2, 0) is 23.0 Å². The van der Waals surface area contributed by atoms with Crippen LogP contribution in [0.5, 0.6) is 0 Å². The molecule has 0 radical (unpaired) electrons. The summed E-state index contributed by atoms with van der Waals surface area (Å²) in [5.41, 5.74) is 4.00. The molecule has 8 nitrogen and oxygen atoms in total. The predicted octanol–water partition coefficient (Wildman–Crippen LogP) is 2.74. The van der Waals surface area contributed by atoms with E-state index in [4.69, 9.17) is 5.14 Å². The predicted molar refractivity (Wildman–Crippen MR) is 124 cm³/mol. The van der Waals surface area contributed by atoms with E-state index in [0.717, 1.165) is 17.0 Å². The van der Waals surface area contributed by atoms with Crippen LogP contribution in [0.2, 0.25) is 0 Å². The molecule has 0 atom stereocenters. The zero-order chi connectivity index (χ0) is 23.4. The van der Waals surface area contributed by atoms with Crippen molar-refractivity contribution in [2.45, 2.75) is 24.8 Å². The summed E-state index contributed by atoms with van der Waals surface area (Å²) < 4.78 is 25.6. The topological polar surface area (TPSA) is 120 Å². The van der Waals surface area contributed by atoms with Gasteiger partial charge in [-0.25, -0.2) is 18.2 Å². The van der Waals surface area contributed by atoms with Gasteiger partial charge < -0.3 is 5.32 Å². The van der Waals surface area contributed by atoms with E-state index >= 15 is 0 Å². The van der Waals surface area contributed by atoms with Gasteiger partial charge >= 0.3 is 0 Å². The molecular formula is C24H23N5O3S. The molecule has 0 unspecified atom stereocenters. The van der Waals surface area contributed by atoms with Gasteiger partial charge in [-0.3, -0.25) is 9.78 Å². The number of hydrogen-bond acceptors (Lipinski definition) is 5. The van der Waals surface area contributed by atoms with Crippen molar-refractivity contribution in [2.75, 3.05) is 0 Å². The van der Waals surface area contributed by atoms with Crippen LogP contribution in [-0.4, -0.2) is 29.1 Å². The number of aryl methyl sites for hydroxylation is 1. The number of primary sulfonamides is 1. The van der Waals surface area contributed by atoms with E-state index in [2.05, 4.69) is 15.4 Å². The minimum atomic E-state index is -4.00. The van der Waals surface area contributed by atoms with Gasteiger partial charge in [0.05, 0.1) is 34.1 Å². The zero-order valence-electron chi connectivity index (χ0n) is 18.0. The van der Waals surface area contributed by atoms with Crippen molar-refractivity contribution in [3.63, 3.8) is 0 Å². The lowest BCUT2D eigenvalue weighted by Crippen LogP contribution is -2.26. The maximum atomic E-state index is 13.2. The van der Waals surface area contributed by atoms with Crippen molar-refractivity contribution >= 4 is 15.9 Å². The summed E-state index contributed by atoms with van der Waals surface area (Å²) in [7, 11) is -4.00. The average molecular weight is 462 g/mol. The smallest absolute Gasteiger partial charge is 0.253 e. The number of rotatable bonds is 7. The molecule has 0 saturated heterocycles. The first-order chi connectivity index (χ1) is 15.8. The number of carbonyl (C=O) groups is 1. The second kappa shape index (κ2) is 9.35. The summed E-state index contributed by atoms with van der Waals surface area (Å²) in [4.78, 5) is 17.2. The number of nitrogens with zero attached hydrogens (tertiary/aromatic N) is 3. The third-order valence-corrected chi connectivity index (χ3v) is 5.97. The summed E-state index contributed by atoms with van der Waals surface area (Å²) in [6, 6.07) is 21.4. The minimum Gasteiger partial charge on any atom is -0.346 e. The highest BCUT2D eigenvalue weighted by atomic mass is 32.2. The molecule has 4 aromatic rings. The van der Waals surface area contributed by atoms with Crippen LogP contribution in [0.3, 0.4) is 0 Å². The molecular weight excluding hydrogens is 438 g/mol. The first kappa shape index (κ1) is 22.4. The molecule has 0 fully saturated rings. The number of carbonyl (C=O) groups excluding carboxylic acids is 1. The third-order valence-electron chi connectivity index (χ3n) is 5.06. The van der Waals surface area contributed by atoms with E-state index in [1.807, 2.05) is 49.4 Å². The molecule has 0 spiro atoms. The van der Waals surface area contributed by atoms with Crippen LogP contribution in [0, 0.1) is 6.92 Å². The fraction of sp³-hybridized carbons (Fsp3) is 0.125. The molecule has 9 heteroatoms. The maximum Gasteiger partial charge on any atom is 0.253 e. The summed E-state index contributed by atoms with van der Waals surface area (Å²) in [6.07, 6.45) is 2.23. The number of sulfonamides is 1. The molecule has 1 amide bonds. The van der Waals surface area contributed by atoms with E-state index < -0.39 is 15.9 Å². The Kier molecular flexibility index (Phi) is 6.34. The van der Waals surface area contributed by atoms with Gasteiger partial charge in [-0.05, 0) is 48.9 Å². The van der Waals surface area contributed by atoms with Crippen molar-refractivity contribution < 1.29 is 13.2 Å². The molecule has 2 aromatic carbocycles. The molecule has 2 heterocycles. The van der Waals surface area contributed by atoms with Gasteiger partial charge in [-0.1, -0.05) is 36.4 Å². The number of benzene rings is 2. The zero-order valence-corrected chi connectivity index (χ0v) is 18.8. The molecule has 3 N–H and O–H groups in total. The standard InChI is InChI=1S/C24H23N5O3S/c1-17-13-20(14-18-7-3-2-4-8-18)29(28-17)23-11-10-21(33(25,31)32)15-22(23)24(30)27-16-19-9-5-6-12-26-19/h2-13,15H,14,16H2,1H3,(H,27,30)(H2,25,31,32). The Morgan fingerprint density at radius 3 is 2.48 bits per heavy atom. The van der Waals surface area contributed by atoms with Crippen molar-refractivity contribution in [1.82, 2.24) is 20.1 Å². The molecule has 33 heavy (non-hydrogen) atoms. The lowest BCUT2D eigenvalue weighted by atomic mass is 10.1. The van der Waals surface area contributed by atoms with Gasteiger partial charge in [0.25, 0.3) is 5.91 Å². The number of aromatic nitrogens is 3. The van der Waals surface area contributed by atoms with Crippen molar-refractivity contribution in [3.05, 3.63) is 107 Å². The van der Waals surface area contributed by atoms with Gasteiger partial charge in [0.15, 0.2) is 0 Å². The van der Waals surface area contributed by atoms with Gasteiger partial charge in [0, 0.05) is 18.3 Å². The Labute approximate surface area is 192 Å². The quantitative estimate of drug-likeness (QED) is 0.438. The molecule has 0 saturated carbocycles. The Hall–Kier alpha value is -3.82. The van der Waals surface area contributed by atoms with E-state index in [1.54, 1.807) is 29.1 Å². The Morgan fingerprint density at radius 2 is 1.79 bits per heavy atom. The largest absolute Gasteiger partial charge is 0.346 e. The number of amides is 1. The first-order valence-electron chi connectivity index (χ1n) is 10.3. The van der Waals surface area contributed by atoms with Crippen LogP contribution >= 0.6 is 0 Å². The summed E-state index contributed by atoms with van der Waals surface area (Å²) >= 11 is 0. The van der Waals surface area contributed by atoms with Crippen molar-refractivity contribution in [2.24, 2.45) is 5.14 Å². The summed E-state index contributed by atoms with van der Waals surface area (Å²) in [6.45, 7) is 2.05. The van der Waals surface area contributed by atoms with Gasteiger partial charge in [-0.2, -0.15) is 5.10 Å². The highest BCUT2D eigenvalue weighted by molar-refractivity contribution is 7.89. The third kappa shape index (κ3) is 5.33. The summed E-state index contributed by atoms with van der Waals surface area (Å²) in [5.74, 6) is -0.458. The molecule has 0 aliphatic carbocycles. The summed E-state index contributed by atoms with van der Waals surface area (Å²) in [5, 5.41) is 12.7. The SMILES string of the molecule is Cc1cc(Cc2ccccc2)n(-c2ccc(S(N)(=O)=O)cc2C(=O)NCc2ccccn2)n1. The minimum absolute atomic E-state index is 0.148. The number of hydrogen-bond donors (Lipinski definition) is 2. The number of nitrogens with one attached hydrogen (secondary N) is 1. The Morgan fingerprint density at radius 1 is 1.03 bits per heavy atom.